The number of aromatic amines is 1. The lowest BCUT2D eigenvalue weighted by Gasteiger charge is -2.35. The van der Waals surface area contributed by atoms with Crippen molar-refractivity contribution in [2.75, 3.05) is 37.6 Å². The van der Waals surface area contributed by atoms with E-state index in [-0.39, 0.29) is 73.6 Å². The summed E-state index contributed by atoms with van der Waals surface area (Å²) in [7, 11) is 0. The molecule has 22 heteroatoms. The predicted octanol–water partition coefficient (Wildman–Crippen LogP) is 7.76. The fourth-order valence-corrected chi connectivity index (χ4v) is 12.2. The maximum absolute atomic E-state index is 14.1. The minimum Gasteiger partial charge on any atom is -0.391 e. The molecule has 9 rings (SSSR count). The summed E-state index contributed by atoms with van der Waals surface area (Å²) in [6.45, 7) is 19.0. The second-order valence-corrected chi connectivity index (χ2v) is 25.2. The fraction of sp³-hybridized carbons (Fsp3) is 0.484. The average molecular weight is 1190 g/mol. The second kappa shape index (κ2) is 27.9. The number of aryl methyl sites for hydroxylation is 5. The van der Waals surface area contributed by atoms with Crippen LogP contribution in [0.15, 0.2) is 83.5 Å². The van der Waals surface area contributed by atoms with Crippen LogP contribution in [0.4, 0.5) is 5.82 Å². The Labute approximate surface area is 506 Å². The average Bonchev–Trinajstić information content (AvgIpc) is 1.81. The number of nitrogens with zero attached hydrogens (tertiary/aromatic N) is 10. The minimum atomic E-state index is -0.888. The SMILES string of the molecule is Cc1cc(C)c(CNC(=O)c2cc(-c3ccc(N4CCN(C(=O)CCCCCn5cc(CCCCCC(=O)N[C@@H](C(=O)N6C[C@H](O)C[C@H]6C(=O)NCc6ccc(-c7scnc7C)cc6)C(C)(C)C)nn5)CC4)nc3)cc3c2cnn3C(C)C)c(=O)[nH]1. The number of hydrogen-bond acceptors (Lipinski definition) is 14. The highest BCUT2D eigenvalue weighted by Crippen LogP contribution is 2.32. The van der Waals surface area contributed by atoms with Crippen LogP contribution in [0.2, 0.25) is 0 Å². The van der Waals surface area contributed by atoms with Crippen molar-refractivity contribution in [1.29, 1.82) is 0 Å². The van der Waals surface area contributed by atoms with Crippen molar-refractivity contribution in [1.82, 2.24) is 65.5 Å². The molecular formula is C64H82N14O7S. The minimum absolute atomic E-state index is 0.0115. The molecule has 0 aliphatic carbocycles. The molecule has 5 amide bonds. The number of aliphatic hydroxyl groups is 1. The van der Waals surface area contributed by atoms with E-state index in [9.17, 15) is 33.9 Å². The first-order valence-electron chi connectivity index (χ1n) is 30.1. The summed E-state index contributed by atoms with van der Waals surface area (Å²) in [5.41, 5.74) is 9.81. The van der Waals surface area contributed by atoms with Gasteiger partial charge >= 0.3 is 0 Å². The zero-order valence-electron chi connectivity index (χ0n) is 50.8. The Morgan fingerprint density at radius 3 is 2.27 bits per heavy atom. The van der Waals surface area contributed by atoms with E-state index in [4.69, 9.17) is 4.98 Å². The summed E-state index contributed by atoms with van der Waals surface area (Å²) < 4.78 is 3.75. The van der Waals surface area contributed by atoms with Gasteiger partial charge in [0.05, 0.1) is 45.2 Å². The molecule has 0 unspecified atom stereocenters. The number of piperazine rings is 1. The topological polar surface area (TPSA) is 259 Å². The van der Waals surface area contributed by atoms with Gasteiger partial charge in [-0.25, -0.2) is 9.97 Å². The molecule has 2 fully saturated rings. The van der Waals surface area contributed by atoms with Crippen molar-refractivity contribution in [2.45, 2.75) is 163 Å². The van der Waals surface area contributed by atoms with Crippen LogP contribution < -0.4 is 26.4 Å². The third-order valence-electron chi connectivity index (χ3n) is 16.3. The molecular weight excluding hydrogens is 1110 g/mol. The molecule has 5 N–H and O–H groups in total. The Kier molecular flexibility index (Phi) is 20.3. The summed E-state index contributed by atoms with van der Waals surface area (Å²) in [4.78, 5) is 99.3. The van der Waals surface area contributed by atoms with Gasteiger partial charge in [0.15, 0.2) is 0 Å². The zero-order valence-corrected chi connectivity index (χ0v) is 51.6. The fourth-order valence-electron chi connectivity index (χ4n) is 11.4. The smallest absolute Gasteiger partial charge is 0.253 e. The monoisotopic (exact) mass is 1190 g/mol. The van der Waals surface area contributed by atoms with Crippen LogP contribution in [0.5, 0.6) is 0 Å². The largest absolute Gasteiger partial charge is 0.391 e. The summed E-state index contributed by atoms with van der Waals surface area (Å²) in [6, 6.07) is 16.0. The quantitative estimate of drug-likeness (QED) is 0.0363. The number of amides is 5. The van der Waals surface area contributed by atoms with Crippen LogP contribution in [0.3, 0.4) is 0 Å². The summed E-state index contributed by atoms with van der Waals surface area (Å²) >= 11 is 1.58. The van der Waals surface area contributed by atoms with Crippen LogP contribution in [0.25, 0.3) is 32.5 Å². The number of aromatic nitrogens is 8. The van der Waals surface area contributed by atoms with Crippen molar-refractivity contribution in [3.8, 4) is 21.6 Å². The number of benzene rings is 2. The van der Waals surface area contributed by atoms with E-state index in [2.05, 4.69) is 46.2 Å². The summed E-state index contributed by atoms with van der Waals surface area (Å²) in [6.07, 6.45) is 11.0. The highest BCUT2D eigenvalue weighted by atomic mass is 32.1. The first kappa shape index (κ1) is 62.4. The first-order valence-corrected chi connectivity index (χ1v) is 31.0. The normalized spacial score (nSPS) is 15.8. The number of likely N-dealkylation sites (tertiary alicyclic amines) is 1. The van der Waals surface area contributed by atoms with Crippen molar-refractivity contribution >= 4 is 57.6 Å². The van der Waals surface area contributed by atoms with Gasteiger partial charge in [-0.1, -0.05) is 63.1 Å². The van der Waals surface area contributed by atoms with Gasteiger partial charge in [0.25, 0.3) is 11.5 Å². The van der Waals surface area contributed by atoms with Crippen LogP contribution in [0.1, 0.15) is 143 Å². The molecule has 0 bridgehead atoms. The molecule has 7 heterocycles. The zero-order chi connectivity index (χ0) is 61.2. The number of H-pyrrole nitrogens is 1. The van der Waals surface area contributed by atoms with Gasteiger partial charge in [0.2, 0.25) is 23.6 Å². The molecule has 2 saturated heterocycles. The third-order valence-corrected chi connectivity index (χ3v) is 17.3. The maximum Gasteiger partial charge on any atom is 0.253 e. The van der Waals surface area contributed by atoms with Gasteiger partial charge in [0.1, 0.15) is 17.9 Å². The van der Waals surface area contributed by atoms with Crippen LogP contribution >= 0.6 is 11.3 Å². The maximum atomic E-state index is 14.1. The van der Waals surface area contributed by atoms with E-state index in [1.165, 1.54) is 4.90 Å². The number of β-amino-alcohol motifs (C(OH)–C–C–N with tert-alkyl or cyclic N) is 1. The number of anilines is 1. The Bertz CT molecular complexity index is 3570. The highest BCUT2D eigenvalue weighted by Gasteiger charge is 2.44. The molecule has 21 nitrogen and oxygen atoms in total. The lowest BCUT2D eigenvalue weighted by atomic mass is 9.85. The Balaban J connectivity index is 0.656. The lowest BCUT2D eigenvalue weighted by Crippen LogP contribution is -2.57. The molecule has 0 spiro atoms. The number of carbonyl (C=O) groups is 5. The molecule has 2 aromatic carbocycles. The van der Waals surface area contributed by atoms with Crippen LogP contribution in [0, 0.1) is 26.2 Å². The van der Waals surface area contributed by atoms with Gasteiger partial charge in [-0.15, -0.1) is 16.4 Å². The predicted molar refractivity (Wildman–Crippen MR) is 332 cm³/mol. The number of aliphatic hydroxyl groups excluding tert-OH is 1. The molecule has 7 aromatic rings. The van der Waals surface area contributed by atoms with Gasteiger partial charge in [-0.3, -0.25) is 38.1 Å². The Hall–Kier alpha value is -8.11. The van der Waals surface area contributed by atoms with E-state index in [0.29, 0.717) is 56.7 Å². The first-order chi connectivity index (χ1) is 41.2. The lowest BCUT2D eigenvalue weighted by molar-refractivity contribution is -0.144. The van der Waals surface area contributed by atoms with E-state index >= 15 is 0 Å². The molecule has 2 aliphatic heterocycles. The molecule has 0 saturated carbocycles. The molecule has 2 aliphatic rings. The summed E-state index contributed by atoms with van der Waals surface area (Å²) in [5, 5.41) is 33.6. The van der Waals surface area contributed by atoms with Crippen molar-refractivity contribution in [3.05, 3.63) is 128 Å². The number of nitrogens with one attached hydrogen (secondary N) is 4. The van der Waals surface area contributed by atoms with Gasteiger partial charge < -0.3 is 40.7 Å². The van der Waals surface area contributed by atoms with E-state index in [1.54, 1.807) is 17.5 Å². The molecule has 0 radical (unpaired) electrons. The van der Waals surface area contributed by atoms with Gasteiger partial charge in [0, 0.05) is 112 Å². The number of rotatable bonds is 24. The number of unbranched alkanes of at least 4 members (excludes halogenated alkanes) is 4. The standard InChI is InChI=1S/C64H82N14O7S/c1-40(2)78-53-31-47(30-50(52(53)36-69-78)60(82)67-35-51-41(3)29-42(4)70-61(51)83)46-22-23-55(65-34-46)74-25-27-75(28-26-74)57(81)17-13-10-14-24-76-37-48(72-73-76)15-11-9-12-16-56(80)71-59(64(6,7)8)63(85)77-38-49(79)32-54(77)62(84)66-33-44-18-20-45(21-19-44)58-43(5)68-39-86-58/h18-23,29-31,34,36-37,39-40,49,54,59,79H,9-17,24-28,32-33,35,38H2,1-8H3,(H,66,84)(H,67,82)(H,70,83)(H,71,80)/t49-,54+,59+/m1/s1. The van der Waals surface area contributed by atoms with Gasteiger partial charge in [-0.2, -0.15) is 5.10 Å². The third kappa shape index (κ3) is 15.5. The van der Waals surface area contributed by atoms with E-state index in [1.807, 2.05) is 142 Å². The number of pyridine rings is 2. The number of fused-ring (bicyclic) bond motifs is 1. The summed E-state index contributed by atoms with van der Waals surface area (Å²) in [5.74, 6) is -0.297. The molecule has 5 aromatic heterocycles. The Morgan fingerprint density at radius 1 is 0.826 bits per heavy atom. The van der Waals surface area contributed by atoms with Gasteiger partial charge in [-0.05, 0) is 125 Å². The van der Waals surface area contributed by atoms with Crippen molar-refractivity contribution < 1.29 is 29.1 Å². The Morgan fingerprint density at radius 2 is 1.57 bits per heavy atom. The van der Waals surface area contributed by atoms with Crippen LogP contribution in [-0.2, 0) is 45.2 Å². The second-order valence-electron chi connectivity index (χ2n) is 24.3. The van der Waals surface area contributed by atoms with Crippen molar-refractivity contribution in [3.63, 3.8) is 0 Å². The molecule has 456 valence electrons. The highest BCUT2D eigenvalue weighted by molar-refractivity contribution is 7.13. The molecule has 3 atom stereocenters. The molecule has 86 heavy (non-hydrogen) atoms. The number of thiazole rings is 1. The number of carbonyl (C=O) groups excluding carboxylic acids is 5. The van der Waals surface area contributed by atoms with Crippen LogP contribution in [-0.4, -0.2) is 135 Å². The van der Waals surface area contributed by atoms with E-state index in [0.717, 1.165) is 105 Å². The van der Waals surface area contributed by atoms with E-state index < -0.39 is 23.6 Å². The number of hydrogen-bond donors (Lipinski definition) is 5. The van der Waals surface area contributed by atoms with Crippen molar-refractivity contribution in [2.24, 2.45) is 5.41 Å².